The first kappa shape index (κ1) is 19.2. The van der Waals surface area contributed by atoms with Gasteiger partial charge in [0.2, 0.25) is 0 Å². The molecule has 0 radical (unpaired) electrons. The second-order valence-electron chi connectivity index (χ2n) is 7.73. The van der Waals surface area contributed by atoms with Crippen molar-refractivity contribution in [1.29, 1.82) is 0 Å². The normalized spacial score (nSPS) is 19.4. The van der Waals surface area contributed by atoms with Crippen LogP contribution in [-0.2, 0) is 6.42 Å². The third kappa shape index (κ3) is 3.37. The summed E-state index contributed by atoms with van der Waals surface area (Å²) < 4.78 is 1.59. The van der Waals surface area contributed by atoms with Crippen molar-refractivity contribution in [3.8, 4) is 0 Å². The molecule has 0 bridgehead atoms. The van der Waals surface area contributed by atoms with Gasteiger partial charge in [0.15, 0.2) is 0 Å². The van der Waals surface area contributed by atoms with Crippen molar-refractivity contribution < 1.29 is 5.11 Å². The molecule has 0 amide bonds. The van der Waals surface area contributed by atoms with Gasteiger partial charge >= 0.3 is 0 Å². The molecule has 1 aliphatic rings. The van der Waals surface area contributed by atoms with E-state index in [1.165, 1.54) is 0 Å². The Labute approximate surface area is 178 Å². The number of rotatable bonds is 3. The molecule has 0 spiro atoms. The maximum atomic E-state index is 13.4. The fourth-order valence-electron chi connectivity index (χ4n) is 4.31. The predicted octanol–water partition coefficient (Wildman–Crippen LogP) is 3.08. The minimum atomic E-state index is -0.615. The minimum Gasteiger partial charge on any atom is -0.390 e. The smallest absolute Gasteiger partial charge is 0.261 e. The summed E-state index contributed by atoms with van der Waals surface area (Å²) in [5.41, 5.74) is 2.62. The number of piperidine rings is 1. The van der Waals surface area contributed by atoms with E-state index in [1.54, 1.807) is 23.2 Å². The lowest BCUT2D eigenvalue weighted by atomic mass is 9.96. The number of hydrogen-bond acceptors (Lipinski definition) is 5. The summed E-state index contributed by atoms with van der Waals surface area (Å²) in [5.74, 6) is 0. The summed E-state index contributed by atoms with van der Waals surface area (Å²) in [6, 6.07) is 13.4. The fourth-order valence-corrected chi connectivity index (χ4v) is 4.43. The highest BCUT2D eigenvalue weighted by Crippen LogP contribution is 2.28. The van der Waals surface area contributed by atoms with E-state index in [-0.39, 0.29) is 11.6 Å². The van der Waals surface area contributed by atoms with E-state index in [4.69, 9.17) is 11.6 Å². The molecule has 4 aromatic rings. The molecular formula is C23H21ClN4O2. The van der Waals surface area contributed by atoms with Gasteiger partial charge < -0.3 is 10.4 Å². The number of benzene rings is 2. The van der Waals surface area contributed by atoms with Crippen LogP contribution in [0.4, 0.5) is 0 Å². The predicted molar refractivity (Wildman–Crippen MR) is 118 cm³/mol. The molecule has 7 heteroatoms. The number of pyridine rings is 1. The number of aromatic nitrogens is 3. The van der Waals surface area contributed by atoms with Crippen LogP contribution >= 0.6 is 11.6 Å². The average Bonchev–Trinajstić information content (AvgIpc) is 2.77. The van der Waals surface area contributed by atoms with Crippen molar-refractivity contribution in [1.82, 2.24) is 19.9 Å². The SMILES string of the molecule is O=c1c2cc(Cc3ccc(Cl)nc3)c3ccccc3c2ncn1C1CCNCC1O. The van der Waals surface area contributed by atoms with Crippen molar-refractivity contribution >= 4 is 33.3 Å². The monoisotopic (exact) mass is 420 g/mol. The molecule has 1 saturated heterocycles. The average molecular weight is 421 g/mol. The third-order valence-electron chi connectivity index (χ3n) is 5.83. The Balaban J connectivity index is 1.70. The van der Waals surface area contributed by atoms with Crippen LogP contribution in [-0.4, -0.2) is 38.8 Å². The first-order valence-corrected chi connectivity index (χ1v) is 10.4. The first-order chi connectivity index (χ1) is 14.6. The van der Waals surface area contributed by atoms with Gasteiger partial charge in [0.25, 0.3) is 5.56 Å². The molecule has 30 heavy (non-hydrogen) atoms. The van der Waals surface area contributed by atoms with Crippen molar-refractivity contribution in [2.45, 2.75) is 25.0 Å². The Kier molecular flexibility index (Phi) is 4.98. The van der Waals surface area contributed by atoms with Crippen LogP contribution in [0.3, 0.4) is 0 Å². The Morgan fingerprint density at radius 1 is 1.13 bits per heavy atom. The highest BCUT2D eigenvalue weighted by molar-refractivity contribution is 6.29. The van der Waals surface area contributed by atoms with Crippen LogP contribution in [0.1, 0.15) is 23.6 Å². The Morgan fingerprint density at radius 3 is 2.73 bits per heavy atom. The zero-order valence-corrected chi connectivity index (χ0v) is 17.0. The van der Waals surface area contributed by atoms with Gasteiger partial charge in [-0.15, -0.1) is 0 Å². The lowest BCUT2D eigenvalue weighted by Crippen LogP contribution is -2.44. The van der Waals surface area contributed by atoms with Gasteiger partial charge in [-0.05, 0) is 48.0 Å². The summed E-state index contributed by atoms with van der Waals surface area (Å²) in [4.78, 5) is 22.2. The fraction of sp³-hybridized carbons (Fsp3) is 0.261. The number of nitrogens with one attached hydrogen (secondary N) is 1. The summed E-state index contributed by atoms with van der Waals surface area (Å²) in [6.07, 6.45) is 4.04. The van der Waals surface area contributed by atoms with Gasteiger partial charge in [0.1, 0.15) is 5.15 Å². The maximum absolute atomic E-state index is 13.4. The maximum Gasteiger partial charge on any atom is 0.261 e. The lowest BCUT2D eigenvalue weighted by molar-refractivity contribution is 0.0852. The van der Waals surface area contributed by atoms with E-state index < -0.39 is 6.10 Å². The Bertz CT molecular complexity index is 1290. The molecule has 2 atom stereocenters. The third-order valence-corrected chi connectivity index (χ3v) is 6.06. The van der Waals surface area contributed by atoms with Crippen LogP contribution in [0.5, 0.6) is 0 Å². The number of halogens is 1. The molecule has 2 aromatic carbocycles. The topological polar surface area (TPSA) is 80.0 Å². The van der Waals surface area contributed by atoms with Crippen LogP contribution in [0, 0.1) is 0 Å². The number of aliphatic hydroxyl groups is 1. The van der Waals surface area contributed by atoms with E-state index >= 15 is 0 Å². The van der Waals surface area contributed by atoms with E-state index in [0.29, 0.717) is 35.4 Å². The number of nitrogens with zero attached hydrogens (tertiary/aromatic N) is 3. The molecule has 0 saturated carbocycles. The number of fused-ring (bicyclic) bond motifs is 3. The van der Waals surface area contributed by atoms with E-state index in [1.807, 2.05) is 30.3 Å². The molecule has 152 valence electrons. The standard InChI is InChI=1S/C23H21ClN4O2/c24-21-6-5-14(11-26-21)9-15-10-18-22(17-4-2-1-3-16(15)17)27-13-28(23(18)30)19-7-8-25-12-20(19)29/h1-6,10-11,13,19-20,25,29H,7-9,12H2. The van der Waals surface area contributed by atoms with Crippen LogP contribution in [0.15, 0.2) is 59.8 Å². The zero-order valence-electron chi connectivity index (χ0n) is 16.3. The number of β-amino-alcohol motifs (C(OH)–C–C–N with tert-alkyl or cyclic N) is 1. The Hall–Kier alpha value is -2.80. The van der Waals surface area contributed by atoms with Gasteiger partial charge in [0.05, 0.1) is 29.4 Å². The summed E-state index contributed by atoms with van der Waals surface area (Å²) in [5, 5.41) is 16.6. The Morgan fingerprint density at radius 2 is 1.97 bits per heavy atom. The molecular weight excluding hydrogens is 400 g/mol. The summed E-state index contributed by atoms with van der Waals surface area (Å²) >= 11 is 5.92. The first-order valence-electron chi connectivity index (χ1n) is 10.0. The van der Waals surface area contributed by atoms with Gasteiger partial charge in [-0.2, -0.15) is 0 Å². The van der Waals surface area contributed by atoms with Crippen molar-refractivity contribution in [3.05, 3.63) is 81.6 Å². The molecule has 2 unspecified atom stereocenters. The van der Waals surface area contributed by atoms with Gasteiger partial charge in [-0.1, -0.05) is 41.9 Å². The van der Waals surface area contributed by atoms with Crippen LogP contribution in [0.25, 0.3) is 21.7 Å². The van der Waals surface area contributed by atoms with Crippen molar-refractivity contribution in [2.75, 3.05) is 13.1 Å². The van der Waals surface area contributed by atoms with Crippen molar-refractivity contribution in [2.24, 2.45) is 0 Å². The highest BCUT2D eigenvalue weighted by Gasteiger charge is 2.26. The van der Waals surface area contributed by atoms with Crippen molar-refractivity contribution in [3.63, 3.8) is 0 Å². The molecule has 6 nitrogen and oxygen atoms in total. The van der Waals surface area contributed by atoms with Gasteiger partial charge in [-0.25, -0.2) is 9.97 Å². The van der Waals surface area contributed by atoms with E-state index in [0.717, 1.165) is 28.4 Å². The lowest BCUT2D eigenvalue weighted by Gasteiger charge is -2.29. The second kappa shape index (κ2) is 7.80. The van der Waals surface area contributed by atoms with Gasteiger partial charge in [-0.3, -0.25) is 9.36 Å². The summed E-state index contributed by atoms with van der Waals surface area (Å²) in [7, 11) is 0. The number of hydrogen-bond donors (Lipinski definition) is 2. The van der Waals surface area contributed by atoms with Gasteiger partial charge in [0, 0.05) is 18.1 Å². The molecule has 5 rings (SSSR count). The summed E-state index contributed by atoms with van der Waals surface area (Å²) in [6.45, 7) is 1.24. The van der Waals surface area contributed by atoms with Crippen LogP contribution < -0.4 is 10.9 Å². The molecule has 2 N–H and O–H groups in total. The molecule has 3 heterocycles. The molecule has 1 fully saturated rings. The minimum absolute atomic E-state index is 0.118. The van der Waals surface area contributed by atoms with Crippen LogP contribution in [0.2, 0.25) is 5.15 Å². The molecule has 1 aliphatic heterocycles. The second-order valence-corrected chi connectivity index (χ2v) is 8.12. The quantitative estimate of drug-likeness (QED) is 0.393. The molecule has 0 aliphatic carbocycles. The largest absolute Gasteiger partial charge is 0.390 e. The zero-order chi connectivity index (χ0) is 20.7. The number of aliphatic hydroxyl groups excluding tert-OH is 1. The van der Waals surface area contributed by atoms with E-state index in [9.17, 15) is 9.90 Å². The molecule has 2 aromatic heterocycles. The van der Waals surface area contributed by atoms with E-state index in [2.05, 4.69) is 21.4 Å². The highest BCUT2D eigenvalue weighted by atomic mass is 35.5.